The van der Waals surface area contributed by atoms with Gasteiger partial charge >= 0.3 is 10.2 Å². The van der Waals surface area contributed by atoms with E-state index in [0.29, 0.717) is 35.0 Å². The predicted molar refractivity (Wildman–Crippen MR) is 97.5 cm³/mol. The molecule has 1 aliphatic heterocycles. The minimum Gasteiger partial charge on any atom is -0.320 e. The average Bonchev–Trinajstić information content (AvgIpc) is 2.57. The second-order valence-corrected chi connectivity index (χ2v) is 8.19. The summed E-state index contributed by atoms with van der Waals surface area (Å²) in [7, 11) is -2.50. The standard InChI is InChI=1S/C18H20F3N3O2S/c1-12-4-5-17-13(8-12)11-23(7-3-6-22-2)27(25,26)24(17)18-15(20)9-14(19)10-16(18)21/h4-5,8-10,22H,3,6-7,11H2,1-2H3. The van der Waals surface area contributed by atoms with E-state index in [9.17, 15) is 21.6 Å². The molecule has 2 aromatic carbocycles. The van der Waals surface area contributed by atoms with E-state index in [-0.39, 0.29) is 18.8 Å². The fourth-order valence-electron chi connectivity index (χ4n) is 3.14. The fraction of sp³-hybridized carbons (Fsp3) is 0.333. The van der Waals surface area contributed by atoms with Crippen molar-refractivity contribution in [1.29, 1.82) is 0 Å². The van der Waals surface area contributed by atoms with Crippen molar-refractivity contribution in [3.63, 3.8) is 0 Å². The lowest BCUT2D eigenvalue weighted by molar-refractivity contribution is 0.391. The number of hydrogen-bond donors (Lipinski definition) is 1. The third kappa shape index (κ3) is 3.67. The van der Waals surface area contributed by atoms with E-state index in [1.54, 1.807) is 19.2 Å². The largest absolute Gasteiger partial charge is 0.320 e. The van der Waals surface area contributed by atoms with Crippen molar-refractivity contribution in [1.82, 2.24) is 9.62 Å². The average molecular weight is 399 g/mol. The second-order valence-electron chi connectivity index (χ2n) is 6.41. The van der Waals surface area contributed by atoms with Gasteiger partial charge in [-0.3, -0.25) is 0 Å². The van der Waals surface area contributed by atoms with Gasteiger partial charge in [0.25, 0.3) is 0 Å². The van der Waals surface area contributed by atoms with Gasteiger partial charge in [0.05, 0.1) is 5.69 Å². The van der Waals surface area contributed by atoms with Crippen LogP contribution >= 0.6 is 0 Å². The predicted octanol–water partition coefficient (Wildman–Crippen LogP) is 3.22. The van der Waals surface area contributed by atoms with Crippen LogP contribution in [0.25, 0.3) is 0 Å². The van der Waals surface area contributed by atoms with Crippen LogP contribution in [-0.2, 0) is 16.8 Å². The lowest BCUT2D eigenvalue weighted by Crippen LogP contribution is -2.46. The third-order valence-corrected chi connectivity index (χ3v) is 6.18. The smallest absolute Gasteiger partial charge is 0.309 e. The number of halogens is 3. The highest BCUT2D eigenvalue weighted by molar-refractivity contribution is 7.90. The van der Waals surface area contributed by atoms with Gasteiger partial charge in [0.1, 0.15) is 11.5 Å². The number of nitrogens with one attached hydrogen (secondary N) is 1. The zero-order valence-corrected chi connectivity index (χ0v) is 15.8. The molecule has 0 bridgehead atoms. The van der Waals surface area contributed by atoms with Crippen molar-refractivity contribution < 1.29 is 21.6 Å². The van der Waals surface area contributed by atoms with Gasteiger partial charge in [-0.1, -0.05) is 17.7 Å². The molecule has 27 heavy (non-hydrogen) atoms. The first-order chi connectivity index (χ1) is 12.8. The first-order valence-electron chi connectivity index (χ1n) is 8.44. The lowest BCUT2D eigenvalue weighted by atomic mass is 10.1. The molecule has 5 nitrogen and oxygen atoms in total. The Balaban J connectivity index is 2.18. The molecule has 0 amide bonds. The maximum Gasteiger partial charge on any atom is 0.309 e. The Kier molecular flexibility index (Phi) is 5.45. The van der Waals surface area contributed by atoms with E-state index in [2.05, 4.69) is 5.32 Å². The lowest BCUT2D eigenvalue weighted by Gasteiger charge is -2.37. The van der Waals surface area contributed by atoms with Crippen molar-refractivity contribution in [2.45, 2.75) is 19.9 Å². The molecule has 1 heterocycles. The van der Waals surface area contributed by atoms with Crippen LogP contribution in [0.3, 0.4) is 0 Å². The highest BCUT2D eigenvalue weighted by atomic mass is 32.2. The van der Waals surface area contributed by atoms with E-state index in [1.165, 1.54) is 10.4 Å². The quantitative estimate of drug-likeness (QED) is 0.786. The molecule has 2 aromatic rings. The zero-order valence-electron chi connectivity index (χ0n) is 15.0. The Morgan fingerprint density at radius 1 is 1.11 bits per heavy atom. The summed E-state index contributed by atoms with van der Waals surface area (Å²) < 4.78 is 70.3. The Hall–Kier alpha value is -2.10. The Morgan fingerprint density at radius 3 is 2.41 bits per heavy atom. The second kappa shape index (κ2) is 7.49. The van der Waals surface area contributed by atoms with Gasteiger partial charge in [-0.2, -0.15) is 12.7 Å². The summed E-state index contributed by atoms with van der Waals surface area (Å²) in [5, 5.41) is 2.93. The summed E-state index contributed by atoms with van der Waals surface area (Å²) in [5.74, 6) is -3.67. The molecule has 0 unspecified atom stereocenters. The number of benzene rings is 2. The van der Waals surface area contributed by atoms with Gasteiger partial charge in [-0.25, -0.2) is 17.5 Å². The maximum absolute atomic E-state index is 14.4. The Bertz CT molecular complexity index is 943. The van der Waals surface area contributed by atoms with Crippen LogP contribution in [0.1, 0.15) is 17.5 Å². The van der Waals surface area contributed by atoms with Crippen molar-refractivity contribution in [3.05, 3.63) is 58.9 Å². The molecule has 0 radical (unpaired) electrons. The summed E-state index contributed by atoms with van der Waals surface area (Å²) in [4.78, 5) is 0. The van der Waals surface area contributed by atoms with Crippen molar-refractivity contribution in [3.8, 4) is 0 Å². The molecule has 1 N–H and O–H groups in total. The van der Waals surface area contributed by atoms with Crippen LogP contribution in [0.15, 0.2) is 30.3 Å². The third-order valence-electron chi connectivity index (χ3n) is 4.38. The van der Waals surface area contributed by atoms with Gasteiger partial charge < -0.3 is 5.32 Å². The zero-order chi connectivity index (χ0) is 19.8. The van der Waals surface area contributed by atoms with Gasteiger partial charge in [-0.05, 0) is 38.6 Å². The van der Waals surface area contributed by atoms with Crippen LogP contribution in [0.4, 0.5) is 24.5 Å². The summed E-state index contributed by atoms with van der Waals surface area (Å²) in [6, 6.07) is 5.90. The minimum atomic E-state index is -4.25. The summed E-state index contributed by atoms with van der Waals surface area (Å²) >= 11 is 0. The van der Waals surface area contributed by atoms with E-state index < -0.39 is 33.3 Å². The molecule has 3 rings (SSSR count). The van der Waals surface area contributed by atoms with Crippen molar-refractivity contribution in [2.24, 2.45) is 0 Å². The molecule has 9 heteroatoms. The SMILES string of the molecule is CNCCCN1Cc2cc(C)ccc2N(c2c(F)cc(F)cc2F)S1(=O)=O. The molecule has 0 saturated carbocycles. The van der Waals surface area contributed by atoms with Crippen LogP contribution < -0.4 is 9.62 Å². The normalized spacial score (nSPS) is 16.4. The van der Waals surface area contributed by atoms with Gasteiger partial charge in [0.15, 0.2) is 11.6 Å². The molecular weight excluding hydrogens is 379 g/mol. The van der Waals surface area contributed by atoms with E-state index in [0.717, 1.165) is 5.56 Å². The van der Waals surface area contributed by atoms with Crippen LogP contribution in [-0.4, -0.2) is 32.9 Å². The molecular formula is C18H20F3N3O2S. The van der Waals surface area contributed by atoms with E-state index >= 15 is 0 Å². The summed E-state index contributed by atoms with van der Waals surface area (Å²) in [5.41, 5.74) is 0.871. The highest BCUT2D eigenvalue weighted by Crippen LogP contribution is 2.41. The van der Waals surface area contributed by atoms with Gasteiger partial charge in [-0.15, -0.1) is 0 Å². The topological polar surface area (TPSA) is 52.6 Å². The number of rotatable bonds is 5. The summed E-state index contributed by atoms with van der Waals surface area (Å²) in [6.45, 7) is 2.71. The molecule has 0 atom stereocenters. The molecule has 0 aliphatic carbocycles. The minimum absolute atomic E-state index is 0.101. The molecule has 0 fully saturated rings. The molecule has 146 valence electrons. The van der Waals surface area contributed by atoms with Crippen LogP contribution in [0.5, 0.6) is 0 Å². The van der Waals surface area contributed by atoms with E-state index in [4.69, 9.17) is 0 Å². The number of anilines is 2. The number of fused-ring (bicyclic) bond motifs is 1. The maximum atomic E-state index is 14.4. The van der Waals surface area contributed by atoms with Crippen molar-refractivity contribution in [2.75, 3.05) is 24.4 Å². The molecule has 0 saturated heterocycles. The first-order valence-corrected chi connectivity index (χ1v) is 9.84. The molecule has 0 spiro atoms. The number of hydrogen-bond acceptors (Lipinski definition) is 3. The van der Waals surface area contributed by atoms with Gasteiger partial charge in [0.2, 0.25) is 0 Å². The van der Waals surface area contributed by atoms with Crippen molar-refractivity contribution >= 4 is 21.6 Å². The monoisotopic (exact) mass is 399 g/mol. The number of nitrogens with zero attached hydrogens (tertiary/aromatic N) is 2. The molecule has 0 aromatic heterocycles. The van der Waals surface area contributed by atoms with Gasteiger partial charge in [0, 0.05) is 25.2 Å². The summed E-state index contributed by atoms with van der Waals surface area (Å²) in [6.07, 6.45) is 0.527. The van der Waals surface area contributed by atoms with Crippen LogP contribution in [0, 0.1) is 24.4 Å². The van der Waals surface area contributed by atoms with E-state index in [1.807, 2.05) is 6.92 Å². The van der Waals surface area contributed by atoms with Crippen LogP contribution in [0.2, 0.25) is 0 Å². The number of aryl methyl sites for hydroxylation is 1. The highest BCUT2D eigenvalue weighted by Gasteiger charge is 2.40. The molecule has 1 aliphatic rings. The Labute approximate surface area is 156 Å². The fourth-order valence-corrected chi connectivity index (χ4v) is 4.87. The Morgan fingerprint density at radius 2 is 1.78 bits per heavy atom. The first kappa shape index (κ1) is 19.7.